The molecule has 2 nitrogen and oxygen atoms in total. The summed E-state index contributed by atoms with van der Waals surface area (Å²) in [5.74, 6) is 0. The lowest BCUT2D eigenvalue weighted by molar-refractivity contribution is 0.962. The van der Waals surface area contributed by atoms with E-state index in [1.54, 1.807) is 11.3 Å². The topological polar surface area (TPSA) is 38.9 Å². The number of aromatic nitrogens is 1. The Morgan fingerprint density at radius 1 is 1.60 bits per heavy atom. The molecule has 1 aromatic heterocycles. The van der Waals surface area contributed by atoms with Crippen LogP contribution in [0.3, 0.4) is 0 Å². The van der Waals surface area contributed by atoms with Crippen molar-refractivity contribution >= 4 is 11.3 Å². The fraction of sp³-hybridized carbons (Fsp3) is 0.571. The molecule has 1 aromatic rings. The Hall–Kier alpha value is -0.410. The van der Waals surface area contributed by atoms with Crippen LogP contribution < -0.4 is 5.73 Å². The van der Waals surface area contributed by atoms with Crippen molar-refractivity contribution in [3.05, 3.63) is 15.6 Å². The molecule has 56 valence electrons. The summed E-state index contributed by atoms with van der Waals surface area (Å²) in [5.41, 5.74) is 6.56. The molecule has 0 aromatic carbocycles. The molecule has 0 radical (unpaired) electrons. The molecular weight excluding hydrogens is 144 g/mol. The summed E-state index contributed by atoms with van der Waals surface area (Å²) in [6.45, 7) is 4.72. The van der Waals surface area contributed by atoms with Gasteiger partial charge in [0.05, 0.1) is 10.7 Å². The number of hydrogen-bond donors (Lipinski definition) is 1. The van der Waals surface area contributed by atoms with Gasteiger partial charge in [-0.1, -0.05) is 6.92 Å². The third-order valence-electron chi connectivity index (χ3n) is 1.40. The van der Waals surface area contributed by atoms with Gasteiger partial charge < -0.3 is 5.73 Å². The minimum Gasteiger partial charge on any atom is -0.325 e. The maximum absolute atomic E-state index is 5.48. The van der Waals surface area contributed by atoms with Crippen LogP contribution in [0.25, 0.3) is 0 Å². The minimum absolute atomic E-state index is 0.577. The van der Waals surface area contributed by atoms with E-state index in [2.05, 4.69) is 11.9 Å². The summed E-state index contributed by atoms with van der Waals surface area (Å²) in [6.07, 6.45) is 1.05. The maximum Gasteiger partial charge on any atom is 0.0900 e. The van der Waals surface area contributed by atoms with E-state index >= 15 is 0 Å². The van der Waals surface area contributed by atoms with Crippen molar-refractivity contribution in [1.82, 2.24) is 4.98 Å². The van der Waals surface area contributed by atoms with E-state index in [-0.39, 0.29) is 0 Å². The van der Waals surface area contributed by atoms with Crippen LogP contribution in [0.2, 0.25) is 0 Å². The first kappa shape index (κ1) is 7.69. The fourth-order valence-corrected chi connectivity index (χ4v) is 1.85. The van der Waals surface area contributed by atoms with Gasteiger partial charge in [-0.3, -0.25) is 0 Å². The van der Waals surface area contributed by atoms with Crippen LogP contribution in [0.1, 0.15) is 22.5 Å². The van der Waals surface area contributed by atoms with Crippen LogP contribution in [-0.4, -0.2) is 4.98 Å². The van der Waals surface area contributed by atoms with Crippen molar-refractivity contribution < 1.29 is 0 Å². The molecule has 1 heterocycles. The zero-order chi connectivity index (χ0) is 7.56. The molecule has 0 aliphatic carbocycles. The van der Waals surface area contributed by atoms with Crippen LogP contribution in [-0.2, 0) is 13.0 Å². The third-order valence-corrected chi connectivity index (χ3v) is 2.56. The largest absolute Gasteiger partial charge is 0.325 e. The van der Waals surface area contributed by atoms with E-state index in [4.69, 9.17) is 5.73 Å². The van der Waals surface area contributed by atoms with Crippen molar-refractivity contribution in [2.45, 2.75) is 26.8 Å². The normalized spacial score (nSPS) is 10.3. The minimum atomic E-state index is 0.577. The SMILES string of the molecule is CCc1sc(C)nc1CN. The van der Waals surface area contributed by atoms with Gasteiger partial charge in [0.25, 0.3) is 0 Å². The maximum atomic E-state index is 5.48. The molecule has 0 unspecified atom stereocenters. The summed E-state index contributed by atoms with van der Waals surface area (Å²) in [4.78, 5) is 5.63. The van der Waals surface area contributed by atoms with E-state index < -0.39 is 0 Å². The predicted molar refractivity (Wildman–Crippen MR) is 44.1 cm³/mol. The van der Waals surface area contributed by atoms with Crippen LogP contribution in [0, 0.1) is 6.92 Å². The van der Waals surface area contributed by atoms with Crippen LogP contribution in [0.15, 0.2) is 0 Å². The number of rotatable bonds is 2. The van der Waals surface area contributed by atoms with Crippen molar-refractivity contribution in [2.75, 3.05) is 0 Å². The molecule has 0 amide bonds. The zero-order valence-electron chi connectivity index (χ0n) is 6.35. The first-order valence-electron chi connectivity index (χ1n) is 3.43. The molecule has 0 fully saturated rings. The summed E-state index contributed by atoms with van der Waals surface area (Å²) >= 11 is 1.75. The zero-order valence-corrected chi connectivity index (χ0v) is 7.16. The van der Waals surface area contributed by atoms with Gasteiger partial charge in [0.15, 0.2) is 0 Å². The lowest BCUT2D eigenvalue weighted by Gasteiger charge is -1.91. The summed E-state index contributed by atoms with van der Waals surface area (Å²) in [7, 11) is 0. The Balaban J connectivity index is 2.96. The van der Waals surface area contributed by atoms with Gasteiger partial charge in [0.1, 0.15) is 0 Å². The fourth-order valence-electron chi connectivity index (χ4n) is 0.948. The Morgan fingerprint density at radius 2 is 2.30 bits per heavy atom. The number of nitrogens with zero attached hydrogens (tertiary/aromatic N) is 1. The standard InChI is InChI=1S/C7H12N2S/c1-3-7-6(4-8)9-5(2)10-7/h3-4,8H2,1-2H3. The highest BCUT2D eigenvalue weighted by atomic mass is 32.1. The van der Waals surface area contributed by atoms with Gasteiger partial charge in [0.2, 0.25) is 0 Å². The Bertz CT molecular complexity index is 196. The molecule has 0 spiro atoms. The first-order chi connectivity index (χ1) is 4.77. The van der Waals surface area contributed by atoms with Gasteiger partial charge in [-0.25, -0.2) is 4.98 Å². The Labute approximate surface area is 65.1 Å². The Kier molecular flexibility index (Phi) is 2.40. The second-order valence-corrected chi connectivity index (χ2v) is 3.45. The smallest absolute Gasteiger partial charge is 0.0900 e. The lowest BCUT2D eigenvalue weighted by Crippen LogP contribution is -1.99. The van der Waals surface area contributed by atoms with Crippen LogP contribution >= 0.6 is 11.3 Å². The van der Waals surface area contributed by atoms with E-state index in [9.17, 15) is 0 Å². The monoisotopic (exact) mass is 156 g/mol. The second kappa shape index (κ2) is 3.12. The molecule has 3 heteroatoms. The summed E-state index contributed by atoms with van der Waals surface area (Å²) < 4.78 is 0. The van der Waals surface area contributed by atoms with E-state index in [0.29, 0.717) is 6.54 Å². The first-order valence-corrected chi connectivity index (χ1v) is 4.24. The molecule has 0 saturated carbocycles. The number of hydrogen-bond acceptors (Lipinski definition) is 3. The van der Waals surface area contributed by atoms with Crippen LogP contribution in [0.5, 0.6) is 0 Å². The average Bonchev–Trinajstić information content (AvgIpc) is 2.30. The molecule has 2 N–H and O–H groups in total. The van der Waals surface area contributed by atoms with Gasteiger partial charge in [-0.15, -0.1) is 11.3 Å². The Morgan fingerprint density at radius 3 is 2.70 bits per heavy atom. The van der Waals surface area contributed by atoms with Crippen molar-refractivity contribution in [3.8, 4) is 0 Å². The third kappa shape index (κ3) is 1.36. The van der Waals surface area contributed by atoms with Crippen molar-refractivity contribution in [1.29, 1.82) is 0 Å². The van der Waals surface area contributed by atoms with Crippen LogP contribution in [0.4, 0.5) is 0 Å². The molecule has 0 aliphatic heterocycles. The second-order valence-electron chi connectivity index (χ2n) is 2.16. The number of aryl methyl sites for hydroxylation is 2. The summed E-state index contributed by atoms with van der Waals surface area (Å²) in [5, 5.41) is 1.12. The molecule has 0 saturated heterocycles. The van der Waals surface area contributed by atoms with E-state index in [0.717, 1.165) is 17.1 Å². The highest BCUT2D eigenvalue weighted by Gasteiger charge is 2.03. The van der Waals surface area contributed by atoms with E-state index in [1.807, 2.05) is 6.92 Å². The quantitative estimate of drug-likeness (QED) is 0.704. The van der Waals surface area contributed by atoms with Crippen molar-refractivity contribution in [2.24, 2.45) is 5.73 Å². The molecule has 0 aliphatic rings. The van der Waals surface area contributed by atoms with Gasteiger partial charge in [0, 0.05) is 11.4 Å². The number of thiazole rings is 1. The molecule has 0 bridgehead atoms. The number of nitrogens with two attached hydrogens (primary N) is 1. The molecule has 0 atom stereocenters. The molecule has 10 heavy (non-hydrogen) atoms. The highest BCUT2D eigenvalue weighted by molar-refractivity contribution is 7.11. The van der Waals surface area contributed by atoms with Gasteiger partial charge in [-0.05, 0) is 13.3 Å². The van der Waals surface area contributed by atoms with Crippen molar-refractivity contribution in [3.63, 3.8) is 0 Å². The summed E-state index contributed by atoms with van der Waals surface area (Å²) in [6, 6.07) is 0. The highest BCUT2D eigenvalue weighted by Crippen LogP contribution is 2.17. The van der Waals surface area contributed by atoms with E-state index in [1.165, 1.54) is 4.88 Å². The lowest BCUT2D eigenvalue weighted by atomic mass is 10.3. The molecule has 1 rings (SSSR count). The van der Waals surface area contributed by atoms with Gasteiger partial charge in [-0.2, -0.15) is 0 Å². The average molecular weight is 156 g/mol. The molecular formula is C7H12N2S. The van der Waals surface area contributed by atoms with Gasteiger partial charge >= 0.3 is 0 Å². The predicted octanol–water partition coefficient (Wildman–Crippen LogP) is 1.47.